The molecule has 1 amide bonds. The number of allylic oxidation sites excluding steroid dienone is 1. The Morgan fingerprint density at radius 3 is 2.42 bits per heavy atom. The highest BCUT2D eigenvalue weighted by molar-refractivity contribution is 7.94. The molecule has 0 radical (unpaired) electrons. The minimum Gasteiger partial charge on any atom is -0.393 e. The number of carbonyl (C=O) groups excluding carboxylic acids is 1. The van der Waals surface area contributed by atoms with E-state index in [4.69, 9.17) is 0 Å². The van der Waals surface area contributed by atoms with E-state index in [1.165, 1.54) is 13.8 Å². The van der Waals surface area contributed by atoms with E-state index >= 15 is 0 Å². The van der Waals surface area contributed by atoms with E-state index < -0.39 is 31.8 Å². The van der Waals surface area contributed by atoms with Gasteiger partial charge in [0.2, 0.25) is 5.91 Å². The molecule has 2 N–H and O–H groups in total. The van der Waals surface area contributed by atoms with Crippen LogP contribution in [0.2, 0.25) is 0 Å². The number of aliphatic hydroxyl groups is 1. The maximum absolute atomic E-state index is 12.8. The van der Waals surface area contributed by atoms with Crippen LogP contribution in [0.5, 0.6) is 0 Å². The first-order valence-electron chi connectivity index (χ1n) is 7.74. The van der Waals surface area contributed by atoms with Gasteiger partial charge in [0.15, 0.2) is 9.84 Å². The van der Waals surface area contributed by atoms with E-state index in [9.17, 15) is 18.3 Å². The molecule has 1 aliphatic rings. The predicted octanol–water partition coefficient (Wildman–Crippen LogP) is 0.599. The van der Waals surface area contributed by atoms with Gasteiger partial charge in [0.05, 0.1) is 17.1 Å². The Balaban J connectivity index is 2.15. The number of rotatable bonds is 5. The fraction of sp³-hybridized carbons (Fsp3) is 0.714. The predicted molar refractivity (Wildman–Crippen MR) is 88.7 cm³/mol. The van der Waals surface area contributed by atoms with Crippen LogP contribution in [0.25, 0.3) is 5.70 Å². The third-order valence-corrected chi connectivity index (χ3v) is 7.28. The second-order valence-electron chi connectivity index (χ2n) is 6.58. The highest BCUT2D eigenvalue weighted by atomic mass is 32.2. The van der Waals surface area contributed by atoms with Crippen LogP contribution in [0.1, 0.15) is 46.5 Å². The molecule has 1 saturated carbocycles. The van der Waals surface area contributed by atoms with Gasteiger partial charge < -0.3 is 5.11 Å². The van der Waals surface area contributed by atoms with Crippen LogP contribution in [-0.2, 0) is 14.6 Å². The summed E-state index contributed by atoms with van der Waals surface area (Å²) >= 11 is 0. The fourth-order valence-electron chi connectivity index (χ4n) is 2.58. The Labute approximate surface area is 141 Å². The largest absolute Gasteiger partial charge is 0.393 e. The van der Waals surface area contributed by atoms with Crippen molar-refractivity contribution in [3.8, 4) is 0 Å². The third kappa shape index (κ3) is 3.48. The molecule has 1 aromatic rings. The minimum atomic E-state index is -3.74. The maximum atomic E-state index is 12.8. The first kappa shape index (κ1) is 18.5. The van der Waals surface area contributed by atoms with Crippen LogP contribution in [0, 0.1) is 0 Å². The van der Waals surface area contributed by atoms with Gasteiger partial charge in [-0.2, -0.15) is 0 Å². The van der Waals surface area contributed by atoms with Crippen molar-refractivity contribution in [3.05, 3.63) is 6.58 Å². The number of aromatic nitrogens is 4. The smallest absolute Gasteiger partial charge is 0.270 e. The Hall–Kier alpha value is -1.81. The molecule has 0 aromatic carbocycles. The van der Waals surface area contributed by atoms with E-state index in [-0.39, 0.29) is 5.95 Å². The van der Waals surface area contributed by atoms with E-state index in [2.05, 4.69) is 27.3 Å². The first-order chi connectivity index (χ1) is 11.1. The number of hydrogen-bond acceptors (Lipinski definition) is 7. The summed E-state index contributed by atoms with van der Waals surface area (Å²) in [6.07, 6.45) is 1.09. The summed E-state index contributed by atoms with van der Waals surface area (Å²) in [5.41, 5.74) is 0.510. The molecule has 0 aliphatic heterocycles. The Bertz CT molecular complexity index is 732. The van der Waals surface area contributed by atoms with Gasteiger partial charge in [-0.25, -0.2) is 8.42 Å². The zero-order valence-corrected chi connectivity index (χ0v) is 14.9. The highest BCUT2D eigenvalue weighted by Crippen LogP contribution is 2.32. The summed E-state index contributed by atoms with van der Waals surface area (Å²) in [4.78, 5) is 13.6. The van der Waals surface area contributed by atoms with Crippen molar-refractivity contribution < 1.29 is 18.3 Å². The molecule has 1 aliphatic carbocycles. The number of nitrogens with zero attached hydrogens (tertiary/aromatic N) is 4. The van der Waals surface area contributed by atoms with Gasteiger partial charge in [0, 0.05) is 0 Å². The highest BCUT2D eigenvalue weighted by Gasteiger charge is 2.47. The lowest BCUT2D eigenvalue weighted by Crippen LogP contribution is -2.50. The van der Waals surface area contributed by atoms with E-state index in [0.717, 1.165) is 4.80 Å². The SMILES string of the molecule is C=C(C)n1nnc(NC(=O)C(C)(C)S(=O)(=O)[C@H]2CC[C@@H](O)CC2)n1. The molecule has 0 unspecified atom stereocenters. The molecule has 0 saturated heterocycles. The number of aliphatic hydroxyl groups excluding tert-OH is 1. The average molecular weight is 357 g/mol. The van der Waals surface area contributed by atoms with Gasteiger partial charge in [-0.15, -0.1) is 9.90 Å². The van der Waals surface area contributed by atoms with Crippen LogP contribution in [0.4, 0.5) is 5.95 Å². The van der Waals surface area contributed by atoms with Crippen LogP contribution in [0.3, 0.4) is 0 Å². The second-order valence-corrected chi connectivity index (χ2v) is 9.36. The molecule has 1 aromatic heterocycles. The summed E-state index contributed by atoms with van der Waals surface area (Å²) in [7, 11) is -3.74. The molecular formula is C14H23N5O4S. The zero-order chi connectivity index (χ0) is 18.1. The summed E-state index contributed by atoms with van der Waals surface area (Å²) in [6, 6.07) is 0. The van der Waals surface area contributed by atoms with Gasteiger partial charge in [-0.1, -0.05) is 11.7 Å². The Morgan fingerprint density at radius 1 is 1.33 bits per heavy atom. The van der Waals surface area contributed by atoms with Crippen LogP contribution in [0.15, 0.2) is 6.58 Å². The zero-order valence-electron chi connectivity index (χ0n) is 14.1. The molecule has 24 heavy (non-hydrogen) atoms. The summed E-state index contributed by atoms with van der Waals surface area (Å²) < 4.78 is 24.0. The molecule has 0 bridgehead atoms. The molecule has 2 rings (SSSR count). The minimum absolute atomic E-state index is 0.0784. The van der Waals surface area contributed by atoms with Crippen molar-refractivity contribution >= 4 is 27.4 Å². The number of anilines is 1. The lowest BCUT2D eigenvalue weighted by Gasteiger charge is -2.32. The Kier molecular flexibility index (Phi) is 5.09. The fourth-order valence-corrected chi connectivity index (χ4v) is 4.62. The molecule has 134 valence electrons. The number of sulfone groups is 1. The van der Waals surface area contributed by atoms with Gasteiger partial charge in [-0.05, 0) is 51.7 Å². The van der Waals surface area contributed by atoms with E-state index in [1.807, 2.05) is 0 Å². The molecule has 10 heteroatoms. The van der Waals surface area contributed by atoms with Crippen molar-refractivity contribution in [1.29, 1.82) is 0 Å². The average Bonchev–Trinajstić information content (AvgIpc) is 2.96. The lowest BCUT2D eigenvalue weighted by molar-refractivity contribution is -0.117. The van der Waals surface area contributed by atoms with Crippen LogP contribution >= 0.6 is 0 Å². The van der Waals surface area contributed by atoms with Gasteiger partial charge in [-0.3, -0.25) is 10.1 Å². The van der Waals surface area contributed by atoms with Crippen molar-refractivity contribution in [1.82, 2.24) is 20.2 Å². The van der Waals surface area contributed by atoms with Crippen LogP contribution in [-0.4, -0.2) is 55.7 Å². The second kappa shape index (κ2) is 6.60. The molecule has 0 spiro atoms. The van der Waals surface area contributed by atoms with E-state index in [0.29, 0.717) is 31.4 Å². The van der Waals surface area contributed by atoms with Gasteiger partial charge >= 0.3 is 0 Å². The summed E-state index contributed by atoms with van der Waals surface area (Å²) in [6.45, 7) is 8.04. The van der Waals surface area contributed by atoms with Crippen LogP contribution < -0.4 is 5.32 Å². The van der Waals surface area contributed by atoms with Gasteiger partial charge in [0.1, 0.15) is 4.75 Å². The van der Waals surface area contributed by atoms with Crippen molar-refractivity contribution in [3.63, 3.8) is 0 Å². The summed E-state index contributed by atoms with van der Waals surface area (Å²) in [5.74, 6) is -0.791. The van der Waals surface area contributed by atoms with Crippen molar-refractivity contribution in [2.75, 3.05) is 5.32 Å². The standard InChI is InChI=1S/C14H23N5O4S/c1-9(2)19-17-13(16-18-19)15-12(21)14(3,4)24(22,23)11-7-5-10(20)6-8-11/h10-11,20H,1,5-8H2,2-4H3,(H,15,17,21)/t10-,11+. The van der Waals surface area contributed by atoms with Crippen molar-refractivity contribution in [2.24, 2.45) is 0 Å². The molecule has 9 nitrogen and oxygen atoms in total. The lowest BCUT2D eigenvalue weighted by atomic mass is 9.97. The summed E-state index contributed by atoms with van der Waals surface area (Å²) in [5, 5.41) is 22.6. The number of nitrogens with one attached hydrogen (secondary N) is 1. The molecule has 1 fully saturated rings. The molecule has 0 atom stereocenters. The van der Waals surface area contributed by atoms with Gasteiger partial charge in [0.25, 0.3) is 5.95 Å². The Morgan fingerprint density at radius 2 is 1.92 bits per heavy atom. The topological polar surface area (TPSA) is 127 Å². The number of tetrazole rings is 1. The third-order valence-electron chi connectivity index (χ3n) is 4.32. The molecule has 1 heterocycles. The van der Waals surface area contributed by atoms with Crippen molar-refractivity contribution in [2.45, 2.75) is 62.6 Å². The first-order valence-corrected chi connectivity index (χ1v) is 9.29. The number of hydrogen-bond donors (Lipinski definition) is 2. The normalized spacial score (nSPS) is 22.2. The quantitative estimate of drug-likeness (QED) is 0.790. The monoisotopic (exact) mass is 357 g/mol. The van der Waals surface area contributed by atoms with E-state index in [1.54, 1.807) is 6.92 Å². The molecular weight excluding hydrogens is 334 g/mol. The number of carbonyl (C=O) groups is 1. The number of amides is 1. The maximum Gasteiger partial charge on any atom is 0.270 e.